The molecule has 0 fully saturated rings. The molecule has 0 atom stereocenters. The van der Waals surface area contributed by atoms with E-state index in [1.807, 2.05) is 36.9 Å². The van der Waals surface area contributed by atoms with Crippen LogP contribution in [0.4, 0.5) is 5.69 Å². The number of hydrogen-bond donors (Lipinski definition) is 1. The van der Waals surface area contributed by atoms with E-state index in [0.29, 0.717) is 19.3 Å². The molecule has 4 nitrogen and oxygen atoms in total. The lowest BCUT2D eigenvalue weighted by Crippen LogP contribution is -2.32. The lowest BCUT2D eigenvalue weighted by molar-refractivity contribution is -0.131. The first kappa shape index (κ1) is 19.2. The summed E-state index contributed by atoms with van der Waals surface area (Å²) in [6.07, 6.45) is 3.36. The number of carbonyl (C=O) groups is 2. The SMILES string of the molecule is CCCN(CCC)C(=O)CCCC(=O)Nc1ccc(C)c(C)c1. The van der Waals surface area contributed by atoms with Crippen molar-refractivity contribution in [2.24, 2.45) is 0 Å². The summed E-state index contributed by atoms with van der Waals surface area (Å²) in [5, 5.41) is 2.90. The Morgan fingerprint density at radius 3 is 2.22 bits per heavy atom. The van der Waals surface area contributed by atoms with Crippen LogP contribution in [0.2, 0.25) is 0 Å². The van der Waals surface area contributed by atoms with E-state index in [4.69, 9.17) is 0 Å². The number of carbonyl (C=O) groups excluding carboxylic acids is 2. The van der Waals surface area contributed by atoms with Crippen molar-refractivity contribution in [3.63, 3.8) is 0 Å². The maximum Gasteiger partial charge on any atom is 0.224 e. The van der Waals surface area contributed by atoms with Crippen molar-refractivity contribution < 1.29 is 9.59 Å². The van der Waals surface area contributed by atoms with Gasteiger partial charge >= 0.3 is 0 Å². The quantitative estimate of drug-likeness (QED) is 0.746. The first-order chi connectivity index (χ1) is 11.0. The van der Waals surface area contributed by atoms with E-state index in [9.17, 15) is 9.59 Å². The summed E-state index contributed by atoms with van der Waals surface area (Å²) in [5.41, 5.74) is 3.19. The van der Waals surface area contributed by atoms with Crippen molar-refractivity contribution in [1.29, 1.82) is 0 Å². The Hall–Kier alpha value is -1.84. The number of nitrogens with zero attached hydrogens (tertiary/aromatic N) is 1. The summed E-state index contributed by atoms with van der Waals surface area (Å²) < 4.78 is 0. The van der Waals surface area contributed by atoms with Gasteiger partial charge in [0, 0.05) is 31.6 Å². The van der Waals surface area contributed by atoms with Gasteiger partial charge < -0.3 is 10.2 Å². The molecule has 0 aliphatic heterocycles. The molecule has 1 N–H and O–H groups in total. The molecule has 128 valence electrons. The van der Waals surface area contributed by atoms with E-state index >= 15 is 0 Å². The molecule has 0 spiro atoms. The van der Waals surface area contributed by atoms with E-state index in [0.717, 1.165) is 37.2 Å². The first-order valence-corrected chi connectivity index (χ1v) is 8.62. The van der Waals surface area contributed by atoms with Crippen molar-refractivity contribution in [3.05, 3.63) is 29.3 Å². The van der Waals surface area contributed by atoms with Gasteiger partial charge in [0.2, 0.25) is 11.8 Å². The van der Waals surface area contributed by atoms with Gasteiger partial charge in [0.05, 0.1) is 0 Å². The second kappa shape index (κ2) is 10.0. The molecular weight excluding hydrogens is 288 g/mol. The van der Waals surface area contributed by atoms with Gasteiger partial charge in [-0.05, 0) is 56.4 Å². The monoisotopic (exact) mass is 318 g/mol. The Morgan fingerprint density at radius 1 is 1.00 bits per heavy atom. The zero-order chi connectivity index (χ0) is 17.2. The second-order valence-corrected chi connectivity index (χ2v) is 6.08. The molecule has 0 radical (unpaired) electrons. The molecule has 0 saturated heterocycles. The zero-order valence-corrected chi connectivity index (χ0v) is 14.9. The van der Waals surface area contributed by atoms with Crippen LogP contribution in [0.25, 0.3) is 0 Å². The number of nitrogens with one attached hydrogen (secondary N) is 1. The molecule has 4 heteroatoms. The van der Waals surface area contributed by atoms with E-state index in [-0.39, 0.29) is 11.8 Å². The molecule has 1 rings (SSSR count). The Labute approximate surface area is 140 Å². The Kier molecular flexibility index (Phi) is 8.38. The highest BCUT2D eigenvalue weighted by molar-refractivity contribution is 5.91. The molecule has 0 aliphatic carbocycles. The first-order valence-electron chi connectivity index (χ1n) is 8.62. The highest BCUT2D eigenvalue weighted by Gasteiger charge is 2.12. The molecule has 2 amide bonds. The Bertz CT molecular complexity index is 520. The molecular formula is C19H30N2O2. The largest absolute Gasteiger partial charge is 0.343 e. The van der Waals surface area contributed by atoms with Crippen LogP contribution in [-0.4, -0.2) is 29.8 Å². The minimum Gasteiger partial charge on any atom is -0.343 e. The van der Waals surface area contributed by atoms with Crippen LogP contribution in [0.3, 0.4) is 0 Å². The van der Waals surface area contributed by atoms with Crippen molar-refractivity contribution in [2.75, 3.05) is 18.4 Å². The van der Waals surface area contributed by atoms with Crippen LogP contribution in [0.15, 0.2) is 18.2 Å². The molecule has 0 unspecified atom stereocenters. The highest BCUT2D eigenvalue weighted by atomic mass is 16.2. The van der Waals surface area contributed by atoms with Crippen LogP contribution in [-0.2, 0) is 9.59 Å². The molecule has 1 aromatic rings. The third-order valence-corrected chi connectivity index (χ3v) is 3.92. The number of benzene rings is 1. The minimum atomic E-state index is -0.0291. The second-order valence-electron chi connectivity index (χ2n) is 6.08. The van der Waals surface area contributed by atoms with Crippen LogP contribution in [0.1, 0.15) is 57.1 Å². The molecule has 0 aromatic heterocycles. The van der Waals surface area contributed by atoms with Crippen molar-refractivity contribution >= 4 is 17.5 Å². The van der Waals surface area contributed by atoms with Crippen LogP contribution in [0.5, 0.6) is 0 Å². The normalized spacial score (nSPS) is 10.4. The molecule has 0 bridgehead atoms. The smallest absolute Gasteiger partial charge is 0.224 e. The van der Waals surface area contributed by atoms with Crippen molar-refractivity contribution in [3.8, 4) is 0 Å². The third-order valence-electron chi connectivity index (χ3n) is 3.92. The predicted molar refractivity (Wildman–Crippen MR) is 95.6 cm³/mol. The van der Waals surface area contributed by atoms with Gasteiger partial charge in [-0.3, -0.25) is 9.59 Å². The van der Waals surface area contributed by atoms with E-state index in [1.165, 1.54) is 5.56 Å². The fourth-order valence-corrected chi connectivity index (χ4v) is 2.50. The summed E-state index contributed by atoms with van der Waals surface area (Å²) in [6, 6.07) is 5.89. The molecule has 0 aliphatic rings. The van der Waals surface area contributed by atoms with Gasteiger partial charge in [0.1, 0.15) is 0 Å². The fourth-order valence-electron chi connectivity index (χ4n) is 2.50. The number of rotatable bonds is 9. The molecule has 23 heavy (non-hydrogen) atoms. The van der Waals surface area contributed by atoms with E-state index in [2.05, 4.69) is 19.2 Å². The standard InChI is InChI=1S/C19H30N2O2/c1-5-12-21(13-6-2)19(23)9-7-8-18(22)20-17-11-10-15(3)16(4)14-17/h10-11,14H,5-9,12-13H2,1-4H3,(H,20,22). The van der Waals surface area contributed by atoms with E-state index < -0.39 is 0 Å². The number of amides is 2. The van der Waals surface area contributed by atoms with Crippen LogP contribution in [0, 0.1) is 13.8 Å². The molecule has 0 saturated carbocycles. The molecule has 0 heterocycles. The zero-order valence-electron chi connectivity index (χ0n) is 14.9. The van der Waals surface area contributed by atoms with Gasteiger partial charge in [-0.25, -0.2) is 0 Å². The average Bonchev–Trinajstić information content (AvgIpc) is 2.50. The number of hydrogen-bond acceptors (Lipinski definition) is 2. The summed E-state index contributed by atoms with van der Waals surface area (Å²) in [6.45, 7) is 9.84. The van der Waals surface area contributed by atoms with Crippen LogP contribution >= 0.6 is 0 Å². The maximum absolute atomic E-state index is 12.1. The van der Waals surface area contributed by atoms with Crippen molar-refractivity contribution in [2.45, 2.75) is 59.8 Å². The van der Waals surface area contributed by atoms with Gasteiger partial charge in [-0.15, -0.1) is 0 Å². The summed E-state index contributed by atoms with van der Waals surface area (Å²) >= 11 is 0. The minimum absolute atomic E-state index is 0.0291. The topological polar surface area (TPSA) is 49.4 Å². The van der Waals surface area contributed by atoms with Crippen molar-refractivity contribution in [1.82, 2.24) is 4.90 Å². The Morgan fingerprint density at radius 2 is 1.65 bits per heavy atom. The number of aryl methyl sites for hydroxylation is 2. The van der Waals surface area contributed by atoms with E-state index in [1.54, 1.807) is 0 Å². The van der Waals surface area contributed by atoms with Gasteiger partial charge in [-0.2, -0.15) is 0 Å². The fraction of sp³-hybridized carbons (Fsp3) is 0.579. The Balaban J connectivity index is 2.38. The summed E-state index contributed by atoms with van der Waals surface area (Å²) in [5.74, 6) is 0.131. The number of anilines is 1. The van der Waals surface area contributed by atoms with Gasteiger partial charge in [-0.1, -0.05) is 19.9 Å². The lowest BCUT2D eigenvalue weighted by atomic mass is 10.1. The van der Waals surface area contributed by atoms with Gasteiger partial charge in [0.15, 0.2) is 0 Å². The predicted octanol–water partition coefficient (Wildman–Crippen LogP) is 4.06. The van der Waals surface area contributed by atoms with Gasteiger partial charge in [0.25, 0.3) is 0 Å². The summed E-state index contributed by atoms with van der Waals surface area (Å²) in [4.78, 5) is 26.0. The molecule has 1 aromatic carbocycles. The lowest BCUT2D eigenvalue weighted by Gasteiger charge is -2.21. The average molecular weight is 318 g/mol. The summed E-state index contributed by atoms with van der Waals surface area (Å²) in [7, 11) is 0. The third kappa shape index (κ3) is 6.85. The highest BCUT2D eigenvalue weighted by Crippen LogP contribution is 2.14. The maximum atomic E-state index is 12.1. The van der Waals surface area contributed by atoms with Crippen LogP contribution < -0.4 is 5.32 Å².